The van der Waals surface area contributed by atoms with E-state index in [9.17, 15) is 13.2 Å². The summed E-state index contributed by atoms with van der Waals surface area (Å²) in [5, 5.41) is 0. The Hall–Kier alpha value is -1.08. The number of rotatable bonds is 1. The van der Waals surface area contributed by atoms with Crippen LogP contribution in [-0.2, 0) is 14.9 Å². The molecule has 1 saturated heterocycles. The largest absolute Gasteiger partial charge is 0.443 e. The van der Waals surface area contributed by atoms with Crippen LogP contribution in [0.3, 0.4) is 0 Å². The lowest BCUT2D eigenvalue weighted by atomic mass is 10.2. The van der Waals surface area contributed by atoms with E-state index >= 15 is 0 Å². The lowest BCUT2D eigenvalue weighted by Crippen LogP contribution is -2.54. The van der Waals surface area contributed by atoms with Crippen molar-refractivity contribution in [2.24, 2.45) is 0 Å². The molecule has 0 radical (unpaired) electrons. The van der Waals surface area contributed by atoms with Gasteiger partial charge in [-0.15, -0.1) is 6.58 Å². The van der Waals surface area contributed by atoms with Crippen molar-refractivity contribution in [3.8, 4) is 0 Å². The van der Waals surface area contributed by atoms with E-state index in [4.69, 9.17) is 4.74 Å². The van der Waals surface area contributed by atoms with Crippen molar-refractivity contribution in [3.05, 3.63) is 12.7 Å². The number of ether oxygens (including phenoxy) is 1. The average molecular weight is 262 g/mol. The maximum absolute atomic E-state index is 11.7. The SMILES string of the molecule is C=CC1CCN(C(=O)OC(C)(C)C)S(=O)(=O)N1. The summed E-state index contributed by atoms with van der Waals surface area (Å²) in [6.07, 6.45) is 1.14. The molecule has 1 rings (SSSR count). The van der Waals surface area contributed by atoms with Gasteiger partial charge >= 0.3 is 16.3 Å². The van der Waals surface area contributed by atoms with Gasteiger partial charge in [-0.25, -0.2) is 4.79 Å². The predicted octanol–water partition coefficient (Wildman–Crippen LogP) is 1.02. The van der Waals surface area contributed by atoms with Crippen LogP contribution in [0.5, 0.6) is 0 Å². The van der Waals surface area contributed by atoms with Gasteiger partial charge in [0.05, 0.1) is 0 Å². The Labute approximate surface area is 102 Å². The molecule has 1 unspecified atom stereocenters. The number of hydrogen-bond donors (Lipinski definition) is 1. The lowest BCUT2D eigenvalue weighted by Gasteiger charge is -2.32. The molecule has 17 heavy (non-hydrogen) atoms. The minimum absolute atomic E-state index is 0.0981. The topological polar surface area (TPSA) is 75.7 Å². The van der Waals surface area contributed by atoms with E-state index in [0.717, 1.165) is 0 Å². The van der Waals surface area contributed by atoms with Crippen LogP contribution in [0.1, 0.15) is 27.2 Å². The zero-order chi connectivity index (χ0) is 13.3. The minimum atomic E-state index is -3.82. The molecular weight excluding hydrogens is 244 g/mol. The highest BCUT2D eigenvalue weighted by atomic mass is 32.2. The molecule has 1 heterocycles. The van der Waals surface area contributed by atoms with Crippen LogP contribution in [0.15, 0.2) is 12.7 Å². The van der Waals surface area contributed by atoms with Crippen LogP contribution in [-0.4, -0.2) is 37.0 Å². The molecule has 0 aromatic rings. The van der Waals surface area contributed by atoms with Crippen molar-refractivity contribution >= 4 is 16.3 Å². The summed E-state index contributed by atoms with van der Waals surface area (Å²) in [5.74, 6) is 0. The Morgan fingerprint density at radius 2 is 2.12 bits per heavy atom. The minimum Gasteiger partial charge on any atom is -0.443 e. The van der Waals surface area contributed by atoms with E-state index in [1.165, 1.54) is 6.08 Å². The van der Waals surface area contributed by atoms with Gasteiger partial charge in [0.2, 0.25) is 0 Å². The highest BCUT2D eigenvalue weighted by Crippen LogP contribution is 2.16. The number of nitrogens with one attached hydrogen (secondary N) is 1. The van der Waals surface area contributed by atoms with Gasteiger partial charge in [-0.1, -0.05) is 6.08 Å². The molecule has 98 valence electrons. The Morgan fingerprint density at radius 1 is 1.53 bits per heavy atom. The van der Waals surface area contributed by atoms with Gasteiger partial charge in [-0.3, -0.25) is 0 Å². The molecule has 0 aromatic heterocycles. The third-order valence-corrected chi connectivity index (χ3v) is 3.63. The van der Waals surface area contributed by atoms with Crippen molar-refractivity contribution in [2.45, 2.75) is 38.8 Å². The highest BCUT2D eigenvalue weighted by molar-refractivity contribution is 7.87. The van der Waals surface area contributed by atoms with Gasteiger partial charge in [0, 0.05) is 12.6 Å². The summed E-state index contributed by atoms with van der Waals surface area (Å²) < 4.78 is 31.6. The Balaban J connectivity index is 2.79. The lowest BCUT2D eigenvalue weighted by molar-refractivity contribution is 0.0378. The first-order valence-corrected chi connectivity index (χ1v) is 6.75. The first-order chi connectivity index (χ1) is 7.65. The van der Waals surface area contributed by atoms with E-state index < -0.39 is 21.9 Å². The second kappa shape index (κ2) is 4.66. The predicted molar refractivity (Wildman–Crippen MR) is 63.6 cm³/mol. The Kier molecular flexibility index (Phi) is 3.83. The van der Waals surface area contributed by atoms with Crippen molar-refractivity contribution in [2.75, 3.05) is 6.54 Å². The third-order valence-electron chi connectivity index (χ3n) is 2.12. The molecule has 0 bridgehead atoms. The van der Waals surface area contributed by atoms with E-state index in [1.807, 2.05) is 0 Å². The molecule has 1 amide bonds. The third kappa shape index (κ3) is 3.71. The maximum Gasteiger partial charge on any atom is 0.425 e. The summed E-state index contributed by atoms with van der Waals surface area (Å²) in [6, 6.07) is -0.335. The van der Waals surface area contributed by atoms with E-state index in [1.54, 1.807) is 20.8 Å². The first-order valence-electron chi connectivity index (χ1n) is 5.31. The number of carbonyl (C=O) groups is 1. The van der Waals surface area contributed by atoms with Crippen molar-refractivity contribution in [3.63, 3.8) is 0 Å². The van der Waals surface area contributed by atoms with Gasteiger partial charge in [0.25, 0.3) is 0 Å². The van der Waals surface area contributed by atoms with Gasteiger partial charge in [-0.05, 0) is 27.2 Å². The van der Waals surface area contributed by atoms with Crippen LogP contribution in [0.4, 0.5) is 4.79 Å². The molecule has 1 aliphatic rings. The van der Waals surface area contributed by atoms with E-state index in [2.05, 4.69) is 11.3 Å². The van der Waals surface area contributed by atoms with Crippen LogP contribution in [0.2, 0.25) is 0 Å². The average Bonchev–Trinajstić information content (AvgIpc) is 2.12. The normalized spacial score (nSPS) is 24.2. The second-order valence-electron chi connectivity index (χ2n) is 4.81. The summed E-state index contributed by atoms with van der Waals surface area (Å²) >= 11 is 0. The molecule has 0 aliphatic carbocycles. The fraction of sp³-hybridized carbons (Fsp3) is 0.700. The smallest absolute Gasteiger partial charge is 0.425 e. The summed E-state index contributed by atoms with van der Waals surface area (Å²) in [6.45, 7) is 8.66. The Bertz CT molecular complexity index is 411. The van der Waals surface area contributed by atoms with Crippen molar-refractivity contribution in [1.82, 2.24) is 9.03 Å². The van der Waals surface area contributed by atoms with Crippen LogP contribution >= 0.6 is 0 Å². The second-order valence-corrected chi connectivity index (χ2v) is 6.43. The maximum atomic E-state index is 11.7. The molecule has 0 spiro atoms. The van der Waals surface area contributed by atoms with E-state index in [-0.39, 0.29) is 12.6 Å². The summed E-state index contributed by atoms with van der Waals surface area (Å²) in [5.41, 5.74) is -0.720. The van der Waals surface area contributed by atoms with Gasteiger partial charge in [-0.2, -0.15) is 17.4 Å². The van der Waals surface area contributed by atoms with Crippen molar-refractivity contribution < 1.29 is 17.9 Å². The van der Waals surface area contributed by atoms with Crippen LogP contribution < -0.4 is 4.72 Å². The van der Waals surface area contributed by atoms with Gasteiger partial charge in [0.15, 0.2) is 0 Å². The van der Waals surface area contributed by atoms with Gasteiger partial charge in [0.1, 0.15) is 5.60 Å². The molecule has 1 atom stereocenters. The quantitative estimate of drug-likeness (QED) is 0.716. The first kappa shape index (κ1) is 14.0. The zero-order valence-corrected chi connectivity index (χ0v) is 11.1. The van der Waals surface area contributed by atoms with Crippen molar-refractivity contribution in [1.29, 1.82) is 0 Å². The highest BCUT2D eigenvalue weighted by Gasteiger charge is 2.36. The Morgan fingerprint density at radius 3 is 2.53 bits per heavy atom. The monoisotopic (exact) mass is 262 g/mol. The molecule has 6 nitrogen and oxygen atoms in total. The van der Waals surface area contributed by atoms with E-state index in [0.29, 0.717) is 10.7 Å². The van der Waals surface area contributed by atoms with Crippen LogP contribution in [0, 0.1) is 0 Å². The molecular formula is C10H18N2O4S. The molecule has 1 N–H and O–H groups in total. The van der Waals surface area contributed by atoms with Gasteiger partial charge < -0.3 is 4.74 Å². The van der Waals surface area contributed by atoms with Crippen LogP contribution in [0.25, 0.3) is 0 Å². The molecule has 7 heteroatoms. The number of carbonyl (C=O) groups excluding carboxylic acids is 1. The fourth-order valence-electron chi connectivity index (χ4n) is 1.36. The molecule has 0 saturated carbocycles. The molecule has 1 fully saturated rings. The standard InChI is InChI=1S/C10H18N2O4S/c1-5-8-6-7-12(17(14,15)11-8)9(13)16-10(2,3)4/h5,8,11H,1,6-7H2,2-4H3. The molecule has 0 aromatic carbocycles. The zero-order valence-electron chi connectivity index (χ0n) is 10.3. The number of nitrogens with zero attached hydrogens (tertiary/aromatic N) is 1. The number of amides is 1. The summed E-state index contributed by atoms with van der Waals surface area (Å²) in [4.78, 5) is 11.7. The fourth-order valence-corrected chi connectivity index (χ4v) is 2.66. The number of hydrogen-bond acceptors (Lipinski definition) is 4. The molecule has 1 aliphatic heterocycles. The summed E-state index contributed by atoms with van der Waals surface area (Å²) in [7, 11) is -3.82.